The van der Waals surface area contributed by atoms with Gasteiger partial charge in [0, 0.05) is 58.9 Å². The molecule has 9 heteroatoms. The van der Waals surface area contributed by atoms with Gasteiger partial charge in [-0.15, -0.1) is 24.0 Å². The van der Waals surface area contributed by atoms with E-state index in [1.807, 2.05) is 32.7 Å². The number of aliphatic imine (C=N–C) groups is 1. The van der Waals surface area contributed by atoms with Crippen LogP contribution < -0.4 is 5.32 Å². The predicted octanol–water partition coefficient (Wildman–Crippen LogP) is 2.62. The normalized spacial score (nSPS) is 25.9. The molecule has 3 fully saturated rings. The Kier molecular flexibility index (Phi) is 10.6. The maximum atomic E-state index is 12.4. The molecule has 3 saturated heterocycles. The van der Waals surface area contributed by atoms with Gasteiger partial charge in [-0.2, -0.15) is 0 Å². The summed E-state index contributed by atoms with van der Waals surface area (Å²) in [6, 6.07) is 0.605. The van der Waals surface area contributed by atoms with Gasteiger partial charge in [-0.3, -0.25) is 9.89 Å². The number of nitrogens with one attached hydrogen (secondary N) is 1. The Hall–Kier alpha value is -0.810. The third-order valence-electron chi connectivity index (χ3n) is 6.24. The number of carbonyl (C=O) groups is 1. The monoisotopic (exact) mass is 551 g/mol. The van der Waals surface area contributed by atoms with Crippen molar-refractivity contribution in [2.45, 2.75) is 58.1 Å². The van der Waals surface area contributed by atoms with Crippen LogP contribution in [-0.4, -0.2) is 104 Å². The van der Waals surface area contributed by atoms with Crippen molar-refractivity contribution in [3.05, 3.63) is 0 Å². The molecule has 0 aromatic rings. The van der Waals surface area contributed by atoms with Crippen LogP contribution in [0, 0.1) is 5.92 Å². The highest BCUT2D eigenvalue weighted by Crippen LogP contribution is 2.22. The number of hydrogen-bond donors (Lipinski definition) is 1. The van der Waals surface area contributed by atoms with Gasteiger partial charge >= 0.3 is 6.09 Å². The highest BCUT2D eigenvalue weighted by molar-refractivity contribution is 14.0. The highest BCUT2D eigenvalue weighted by atomic mass is 127. The van der Waals surface area contributed by atoms with Crippen molar-refractivity contribution in [1.29, 1.82) is 0 Å². The fourth-order valence-electron chi connectivity index (χ4n) is 4.69. The SMILES string of the molecule is CN=C(NCCC1CCCN(C(=O)OC(C)(C)C)C1)N1CCC(N2CCOCC2)C1.I. The Bertz CT molecular complexity index is 592. The van der Waals surface area contributed by atoms with Crippen molar-refractivity contribution in [3.8, 4) is 0 Å². The van der Waals surface area contributed by atoms with Crippen molar-refractivity contribution >= 4 is 36.0 Å². The van der Waals surface area contributed by atoms with Gasteiger partial charge in [0.15, 0.2) is 5.96 Å². The van der Waals surface area contributed by atoms with Crippen LogP contribution in [0.4, 0.5) is 4.79 Å². The van der Waals surface area contributed by atoms with Crippen LogP contribution in [-0.2, 0) is 9.47 Å². The average molecular weight is 552 g/mol. The fraction of sp³-hybridized carbons (Fsp3) is 0.909. The number of piperidine rings is 1. The second kappa shape index (κ2) is 12.4. The Morgan fingerprint density at radius 1 is 1.10 bits per heavy atom. The number of hydrogen-bond acceptors (Lipinski definition) is 5. The van der Waals surface area contributed by atoms with Crippen LogP contribution in [0.25, 0.3) is 0 Å². The van der Waals surface area contributed by atoms with Gasteiger partial charge in [0.05, 0.1) is 13.2 Å². The smallest absolute Gasteiger partial charge is 0.410 e. The van der Waals surface area contributed by atoms with E-state index in [2.05, 4.69) is 20.1 Å². The van der Waals surface area contributed by atoms with Gasteiger partial charge in [-0.25, -0.2) is 4.79 Å². The van der Waals surface area contributed by atoms with Crippen LogP contribution in [0.3, 0.4) is 0 Å². The minimum absolute atomic E-state index is 0. The van der Waals surface area contributed by atoms with Gasteiger partial charge < -0.3 is 24.6 Å². The van der Waals surface area contributed by atoms with Crippen LogP contribution in [0.5, 0.6) is 0 Å². The Morgan fingerprint density at radius 3 is 2.52 bits per heavy atom. The summed E-state index contributed by atoms with van der Waals surface area (Å²) in [6.07, 6.45) is 4.27. The van der Waals surface area contributed by atoms with E-state index in [1.54, 1.807) is 0 Å². The van der Waals surface area contributed by atoms with Crippen molar-refractivity contribution < 1.29 is 14.3 Å². The lowest BCUT2D eigenvalue weighted by atomic mass is 9.95. The Labute approximate surface area is 205 Å². The third-order valence-corrected chi connectivity index (χ3v) is 6.24. The quantitative estimate of drug-likeness (QED) is 0.329. The van der Waals surface area contributed by atoms with Crippen LogP contribution in [0.2, 0.25) is 0 Å². The molecule has 180 valence electrons. The summed E-state index contributed by atoms with van der Waals surface area (Å²) in [5.41, 5.74) is -0.438. The second-order valence-electron chi connectivity index (χ2n) is 9.73. The summed E-state index contributed by atoms with van der Waals surface area (Å²) in [6.45, 7) is 14.1. The molecule has 3 heterocycles. The summed E-state index contributed by atoms with van der Waals surface area (Å²) in [7, 11) is 1.87. The van der Waals surface area contributed by atoms with E-state index in [0.717, 1.165) is 77.8 Å². The molecule has 3 rings (SSSR count). The molecule has 0 spiro atoms. The molecular weight excluding hydrogens is 509 g/mol. The van der Waals surface area contributed by atoms with Gasteiger partial charge in [-0.05, 0) is 52.4 Å². The zero-order valence-corrected chi connectivity index (χ0v) is 22.1. The standard InChI is InChI=1S/C22H41N5O3.HI/c1-22(2,3)30-21(28)27-10-5-6-18(16-27)7-9-24-20(23-4)26-11-8-19(17-26)25-12-14-29-15-13-25;/h18-19H,5-17H2,1-4H3,(H,23,24);1H. The highest BCUT2D eigenvalue weighted by Gasteiger charge is 2.31. The molecule has 3 aliphatic heterocycles. The van der Waals surface area contributed by atoms with Gasteiger partial charge in [0.2, 0.25) is 0 Å². The molecule has 1 amide bonds. The summed E-state index contributed by atoms with van der Waals surface area (Å²) >= 11 is 0. The lowest BCUT2D eigenvalue weighted by Crippen LogP contribution is -2.47. The van der Waals surface area contributed by atoms with Crippen molar-refractivity contribution in [3.63, 3.8) is 0 Å². The number of ether oxygens (including phenoxy) is 2. The van der Waals surface area contributed by atoms with E-state index in [1.165, 1.54) is 12.8 Å². The number of nitrogens with zero attached hydrogens (tertiary/aromatic N) is 4. The summed E-state index contributed by atoms with van der Waals surface area (Å²) in [5, 5.41) is 3.56. The van der Waals surface area contributed by atoms with E-state index >= 15 is 0 Å². The minimum atomic E-state index is -0.438. The molecule has 2 atom stereocenters. The second-order valence-corrected chi connectivity index (χ2v) is 9.73. The van der Waals surface area contributed by atoms with E-state index in [0.29, 0.717) is 12.0 Å². The largest absolute Gasteiger partial charge is 0.444 e. The van der Waals surface area contributed by atoms with Crippen LogP contribution >= 0.6 is 24.0 Å². The molecule has 31 heavy (non-hydrogen) atoms. The molecule has 0 radical (unpaired) electrons. The summed E-state index contributed by atoms with van der Waals surface area (Å²) in [4.78, 5) is 23.7. The Morgan fingerprint density at radius 2 is 1.84 bits per heavy atom. The molecule has 0 aromatic heterocycles. The van der Waals surface area contributed by atoms with Crippen molar-refractivity contribution in [2.24, 2.45) is 10.9 Å². The van der Waals surface area contributed by atoms with Crippen LogP contribution in [0.1, 0.15) is 46.5 Å². The van der Waals surface area contributed by atoms with E-state index < -0.39 is 5.60 Å². The number of amides is 1. The van der Waals surface area contributed by atoms with E-state index in [4.69, 9.17) is 9.47 Å². The maximum Gasteiger partial charge on any atom is 0.410 e. The van der Waals surface area contributed by atoms with E-state index in [-0.39, 0.29) is 30.1 Å². The summed E-state index contributed by atoms with van der Waals surface area (Å²) in [5.74, 6) is 1.52. The van der Waals surface area contributed by atoms with Crippen molar-refractivity contribution in [2.75, 3.05) is 66.1 Å². The molecule has 2 unspecified atom stereocenters. The van der Waals surface area contributed by atoms with Gasteiger partial charge in [0.25, 0.3) is 0 Å². The zero-order chi connectivity index (χ0) is 21.6. The zero-order valence-electron chi connectivity index (χ0n) is 19.8. The minimum Gasteiger partial charge on any atom is -0.444 e. The molecule has 3 aliphatic rings. The first-order valence-electron chi connectivity index (χ1n) is 11.6. The number of rotatable bonds is 4. The lowest BCUT2D eigenvalue weighted by Gasteiger charge is -2.34. The lowest BCUT2D eigenvalue weighted by molar-refractivity contribution is 0.0162. The topological polar surface area (TPSA) is 69.6 Å². The van der Waals surface area contributed by atoms with E-state index in [9.17, 15) is 4.79 Å². The first-order valence-corrected chi connectivity index (χ1v) is 11.6. The van der Waals surface area contributed by atoms with Gasteiger partial charge in [-0.1, -0.05) is 0 Å². The average Bonchev–Trinajstić information content (AvgIpc) is 3.21. The number of guanidine groups is 1. The molecule has 0 aliphatic carbocycles. The first-order chi connectivity index (χ1) is 14.4. The number of likely N-dealkylation sites (tertiary alicyclic amines) is 2. The van der Waals surface area contributed by atoms with Crippen molar-refractivity contribution in [1.82, 2.24) is 20.0 Å². The number of carbonyl (C=O) groups excluding carboxylic acids is 1. The van der Waals surface area contributed by atoms with Crippen LogP contribution in [0.15, 0.2) is 4.99 Å². The molecular formula is C22H42IN5O3. The number of morpholine rings is 1. The molecule has 0 saturated carbocycles. The molecule has 1 N–H and O–H groups in total. The molecule has 0 aromatic carbocycles. The maximum absolute atomic E-state index is 12.4. The third kappa shape index (κ3) is 8.24. The molecule has 8 nitrogen and oxygen atoms in total. The van der Waals surface area contributed by atoms with Gasteiger partial charge in [0.1, 0.15) is 5.60 Å². The summed E-state index contributed by atoms with van der Waals surface area (Å²) < 4.78 is 11.0. The number of halogens is 1. The molecule has 0 bridgehead atoms. The Balaban J connectivity index is 0.00000341. The fourth-order valence-corrected chi connectivity index (χ4v) is 4.69. The predicted molar refractivity (Wildman–Crippen MR) is 134 cm³/mol. The first kappa shape index (κ1) is 26.4.